The molecule has 2 aromatic heterocycles. The Kier molecular flexibility index (Phi) is 2.70. The van der Waals surface area contributed by atoms with E-state index in [1.807, 2.05) is 0 Å². The molecule has 0 aliphatic heterocycles. The van der Waals surface area contributed by atoms with Gasteiger partial charge in [0.25, 0.3) is 0 Å². The lowest BCUT2D eigenvalue weighted by atomic mass is 9.84. The average molecular weight is 325 g/mol. The van der Waals surface area contributed by atoms with Crippen LogP contribution in [0.3, 0.4) is 0 Å². The molecule has 8 heteroatoms. The molecule has 0 saturated heterocycles. The van der Waals surface area contributed by atoms with Crippen LogP contribution in [0.5, 0.6) is 0 Å². The zero-order valence-corrected chi connectivity index (χ0v) is 12.0. The number of hydrogen-bond donors (Lipinski definition) is 0. The van der Waals surface area contributed by atoms with Crippen molar-refractivity contribution in [3.63, 3.8) is 0 Å². The van der Waals surface area contributed by atoms with Crippen molar-refractivity contribution in [1.82, 2.24) is 10.1 Å². The molecule has 114 valence electrons. The fraction of sp³-hybridized carbons (Fsp3) is 0.500. The van der Waals surface area contributed by atoms with Gasteiger partial charge in [0.05, 0.1) is 6.07 Å². The lowest BCUT2D eigenvalue weighted by Crippen LogP contribution is -2.22. The summed E-state index contributed by atoms with van der Waals surface area (Å²) in [5.74, 6) is 1.08. The SMILES string of the molecule is N#CC1(c2nc(-c3ccsc3C(F)(F)F)no2)CC2CC2C1. The van der Waals surface area contributed by atoms with Crippen molar-refractivity contribution in [2.24, 2.45) is 11.8 Å². The maximum absolute atomic E-state index is 12.9. The number of rotatable bonds is 2. The second-order valence-corrected chi connectivity index (χ2v) is 6.86. The van der Waals surface area contributed by atoms with E-state index in [0.717, 1.165) is 6.42 Å². The molecule has 2 aliphatic rings. The first-order valence-corrected chi connectivity index (χ1v) is 7.71. The molecule has 2 saturated carbocycles. The summed E-state index contributed by atoms with van der Waals surface area (Å²) in [5.41, 5.74) is -0.920. The fourth-order valence-corrected chi connectivity index (χ4v) is 4.09. The normalized spacial score (nSPS) is 30.1. The van der Waals surface area contributed by atoms with Crippen molar-refractivity contribution in [1.29, 1.82) is 5.26 Å². The monoisotopic (exact) mass is 325 g/mol. The number of fused-ring (bicyclic) bond motifs is 1. The van der Waals surface area contributed by atoms with Crippen LogP contribution in [0.1, 0.15) is 30.0 Å². The Bertz CT molecular complexity index is 763. The summed E-state index contributed by atoms with van der Waals surface area (Å²) in [6.45, 7) is 0. The number of alkyl halides is 3. The molecule has 0 bridgehead atoms. The van der Waals surface area contributed by atoms with Crippen molar-refractivity contribution in [2.75, 3.05) is 0 Å². The van der Waals surface area contributed by atoms with E-state index in [-0.39, 0.29) is 17.3 Å². The molecule has 4 rings (SSSR count). The van der Waals surface area contributed by atoms with Gasteiger partial charge in [-0.15, -0.1) is 11.3 Å². The summed E-state index contributed by atoms with van der Waals surface area (Å²) in [7, 11) is 0. The van der Waals surface area contributed by atoms with Crippen molar-refractivity contribution in [3.05, 3.63) is 22.2 Å². The van der Waals surface area contributed by atoms with Crippen LogP contribution >= 0.6 is 11.3 Å². The molecule has 0 N–H and O–H groups in total. The van der Waals surface area contributed by atoms with Crippen LogP contribution < -0.4 is 0 Å². The van der Waals surface area contributed by atoms with Crippen LogP contribution in [-0.2, 0) is 11.6 Å². The summed E-state index contributed by atoms with van der Waals surface area (Å²) in [6, 6.07) is 3.57. The number of hydrogen-bond acceptors (Lipinski definition) is 5. The third kappa shape index (κ3) is 1.96. The molecule has 0 radical (unpaired) electrons. The zero-order valence-electron chi connectivity index (χ0n) is 11.2. The van der Waals surface area contributed by atoms with Gasteiger partial charge in [-0.2, -0.15) is 23.4 Å². The van der Waals surface area contributed by atoms with E-state index in [0.29, 0.717) is 36.0 Å². The topological polar surface area (TPSA) is 62.7 Å². The van der Waals surface area contributed by atoms with Crippen LogP contribution in [0.25, 0.3) is 11.4 Å². The van der Waals surface area contributed by atoms with Gasteiger partial charge in [-0.25, -0.2) is 0 Å². The van der Waals surface area contributed by atoms with Gasteiger partial charge in [0.1, 0.15) is 10.3 Å². The Hall–Kier alpha value is -1.88. The third-order valence-corrected chi connectivity index (χ3v) is 5.46. The molecule has 2 unspecified atom stereocenters. The Labute approximate surface area is 127 Å². The summed E-state index contributed by atoms with van der Waals surface area (Å²) in [5, 5.41) is 14.5. The predicted octanol–water partition coefficient (Wildman–Crippen LogP) is 4.01. The largest absolute Gasteiger partial charge is 0.426 e. The molecule has 2 fully saturated rings. The van der Waals surface area contributed by atoms with Crippen LogP contribution in [-0.4, -0.2) is 10.1 Å². The highest BCUT2D eigenvalue weighted by Crippen LogP contribution is 2.60. The molecule has 2 atom stereocenters. The zero-order chi connectivity index (χ0) is 15.5. The second kappa shape index (κ2) is 4.32. The molecule has 2 aliphatic carbocycles. The molecule has 2 aromatic rings. The highest BCUT2D eigenvalue weighted by atomic mass is 32.1. The first kappa shape index (κ1) is 13.8. The summed E-state index contributed by atoms with van der Waals surface area (Å²) in [4.78, 5) is 3.36. The smallest absolute Gasteiger partial charge is 0.337 e. The fourth-order valence-electron chi connectivity index (χ4n) is 3.33. The Morgan fingerprint density at radius 1 is 1.36 bits per heavy atom. The van der Waals surface area contributed by atoms with Gasteiger partial charge in [0.2, 0.25) is 11.7 Å². The van der Waals surface area contributed by atoms with E-state index in [1.54, 1.807) is 0 Å². The Balaban J connectivity index is 1.71. The minimum Gasteiger partial charge on any atom is -0.337 e. The Morgan fingerprint density at radius 2 is 2.09 bits per heavy atom. The standard InChI is InChI=1S/C14H10F3N3OS/c15-14(16,17)10-9(1-2-22-10)11-19-12(21-20-11)13(6-18)4-7-3-8(7)5-13/h1-2,7-8H,3-5H2. The molecule has 0 spiro atoms. The van der Waals surface area contributed by atoms with Crippen molar-refractivity contribution in [3.8, 4) is 17.5 Å². The van der Waals surface area contributed by atoms with Crippen LogP contribution in [0, 0.1) is 23.2 Å². The van der Waals surface area contributed by atoms with Gasteiger partial charge in [0, 0.05) is 5.56 Å². The minimum absolute atomic E-state index is 0.0938. The molecule has 4 nitrogen and oxygen atoms in total. The lowest BCUT2D eigenvalue weighted by Gasteiger charge is -2.16. The summed E-state index contributed by atoms with van der Waals surface area (Å²) >= 11 is 0.593. The molecule has 0 amide bonds. The van der Waals surface area contributed by atoms with E-state index in [1.165, 1.54) is 11.4 Å². The number of halogens is 3. The number of aromatic nitrogens is 2. The maximum Gasteiger partial charge on any atom is 0.426 e. The first-order valence-electron chi connectivity index (χ1n) is 6.83. The predicted molar refractivity (Wildman–Crippen MR) is 70.7 cm³/mol. The van der Waals surface area contributed by atoms with E-state index >= 15 is 0 Å². The number of nitriles is 1. The summed E-state index contributed by atoms with van der Waals surface area (Å²) < 4.78 is 44.0. The van der Waals surface area contributed by atoms with Crippen LogP contribution in [0.4, 0.5) is 13.2 Å². The third-order valence-electron chi connectivity index (χ3n) is 4.50. The van der Waals surface area contributed by atoms with Gasteiger partial charge in [-0.1, -0.05) is 5.16 Å². The second-order valence-electron chi connectivity index (χ2n) is 5.94. The summed E-state index contributed by atoms with van der Waals surface area (Å²) in [6.07, 6.45) is -2.02. The molecule has 0 aromatic carbocycles. The average Bonchev–Trinajstić information content (AvgIpc) is 2.99. The quantitative estimate of drug-likeness (QED) is 0.837. The van der Waals surface area contributed by atoms with Crippen LogP contribution in [0.15, 0.2) is 16.0 Å². The molecule has 2 heterocycles. The lowest BCUT2D eigenvalue weighted by molar-refractivity contribution is -0.133. The van der Waals surface area contributed by atoms with E-state index in [9.17, 15) is 18.4 Å². The van der Waals surface area contributed by atoms with Crippen molar-refractivity contribution in [2.45, 2.75) is 30.9 Å². The minimum atomic E-state index is -4.45. The number of thiophene rings is 1. The molecular weight excluding hydrogens is 315 g/mol. The highest BCUT2D eigenvalue weighted by molar-refractivity contribution is 7.10. The van der Waals surface area contributed by atoms with Crippen molar-refractivity contribution >= 4 is 11.3 Å². The first-order chi connectivity index (χ1) is 10.4. The van der Waals surface area contributed by atoms with E-state index in [4.69, 9.17) is 4.52 Å². The van der Waals surface area contributed by atoms with Gasteiger partial charge < -0.3 is 4.52 Å². The highest BCUT2D eigenvalue weighted by Gasteiger charge is 2.57. The Morgan fingerprint density at radius 3 is 2.73 bits per heavy atom. The maximum atomic E-state index is 12.9. The van der Waals surface area contributed by atoms with E-state index < -0.39 is 16.5 Å². The molecular formula is C14H10F3N3OS. The van der Waals surface area contributed by atoms with Gasteiger partial charge in [0.15, 0.2) is 0 Å². The van der Waals surface area contributed by atoms with Gasteiger partial charge in [-0.3, -0.25) is 0 Å². The molecule has 22 heavy (non-hydrogen) atoms. The van der Waals surface area contributed by atoms with Crippen molar-refractivity contribution < 1.29 is 17.7 Å². The number of nitrogens with zero attached hydrogens (tertiary/aromatic N) is 3. The van der Waals surface area contributed by atoms with Gasteiger partial charge >= 0.3 is 6.18 Å². The van der Waals surface area contributed by atoms with E-state index in [2.05, 4.69) is 16.2 Å². The van der Waals surface area contributed by atoms with Crippen LogP contribution in [0.2, 0.25) is 0 Å². The van der Waals surface area contributed by atoms with Gasteiger partial charge in [-0.05, 0) is 42.5 Å².